The molecule has 0 bridgehead atoms. The van der Waals surface area contributed by atoms with Crippen molar-refractivity contribution in [3.8, 4) is 0 Å². The predicted molar refractivity (Wildman–Crippen MR) is 71.9 cm³/mol. The number of pyridine rings is 1. The first-order valence-electron chi connectivity index (χ1n) is 5.73. The summed E-state index contributed by atoms with van der Waals surface area (Å²) in [6.45, 7) is 2.60. The first-order chi connectivity index (χ1) is 8.69. The Bertz CT molecular complexity index is 601. The van der Waals surface area contributed by atoms with Gasteiger partial charge in [-0.15, -0.1) is 11.3 Å². The molecule has 1 amide bonds. The van der Waals surface area contributed by atoms with Crippen LogP contribution >= 0.6 is 11.3 Å². The van der Waals surface area contributed by atoms with E-state index in [0.29, 0.717) is 12.1 Å². The van der Waals surface area contributed by atoms with Crippen LogP contribution < -0.4 is 10.9 Å². The summed E-state index contributed by atoms with van der Waals surface area (Å²) in [5.41, 5.74) is 0.109. The second-order valence-electron chi connectivity index (χ2n) is 3.85. The van der Waals surface area contributed by atoms with Crippen LogP contribution in [-0.2, 0) is 13.0 Å². The monoisotopic (exact) mass is 262 g/mol. The van der Waals surface area contributed by atoms with E-state index in [1.165, 1.54) is 17.1 Å². The fourth-order valence-electron chi connectivity index (χ4n) is 1.56. The molecule has 0 saturated heterocycles. The van der Waals surface area contributed by atoms with Gasteiger partial charge in [0.1, 0.15) is 0 Å². The molecule has 94 valence electrons. The molecule has 0 aliphatic heterocycles. The molecule has 0 aromatic carbocycles. The minimum atomic E-state index is -0.271. The number of aromatic nitrogens is 1. The number of carbonyl (C=O) groups excluding carboxylic acids is 1. The van der Waals surface area contributed by atoms with Crippen LogP contribution in [-0.4, -0.2) is 10.9 Å². The maximum Gasteiger partial charge on any atom is 0.251 e. The number of aryl methyl sites for hydroxylation is 1. The fraction of sp³-hybridized carbons (Fsp3) is 0.231. The number of rotatable bonds is 4. The minimum Gasteiger partial charge on any atom is -0.347 e. The first-order valence-corrected chi connectivity index (χ1v) is 6.55. The van der Waals surface area contributed by atoms with Crippen molar-refractivity contribution in [1.82, 2.24) is 10.3 Å². The molecular weight excluding hydrogens is 248 g/mol. The Balaban J connectivity index is 1.98. The van der Waals surface area contributed by atoms with Crippen LogP contribution in [0.1, 0.15) is 27.0 Å². The summed E-state index contributed by atoms with van der Waals surface area (Å²) in [5.74, 6) is -0.229. The lowest BCUT2D eigenvalue weighted by Crippen LogP contribution is -2.23. The molecule has 0 atom stereocenters. The first kappa shape index (κ1) is 12.6. The van der Waals surface area contributed by atoms with Gasteiger partial charge in [-0.2, -0.15) is 0 Å². The second-order valence-corrected chi connectivity index (χ2v) is 5.10. The number of amides is 1. The van der Waals surface area contributed by atoms with Crippen LogP contribution in [0.5, 0.6) is 0 Å². The molecular formula is C13H14N2O2S. The zero-order valence-electron chi connectivity index (χ0n) is 10.0. The summed E-state index contributed by atoms with van der Waals surface area (Å²) >= 11 is 1.69. The number of carbonyl (C=O) groups is 1. The molecule has 0 saturated carbocycles. The molecule has 2 N–H and O–H groups in total. The van der Waals surface area contributed by atoms with Gasteiger partial charge in [0.05, 0.1) is 6.54 Å². The molecule has 5 heteroatoms. The smallest absolute Gasteiger partial charge is 0.251 e. The normalized spacial score (nSPS) is 10.3. The van der Waals surface area contributed by atoms with E-state index in [4.69, 9.17) is 0 Å². The van der Waals surface area contributed by atoms with E-state index >= 15 is 0 Å². The van der Waals surface area contributed by atoms with Gasteiger partial charge < -0.3 is 10.3 Å². The Kier molecular flexibility index (Phi) is 3.94. The highest BCUT2D eigenvalue weighted by Crippen LogP contribution is 2.16. The Hall–Kier alpha value is -1.88. The third-order valence-electron chi connectivity index (χ3n) is 2.53. The van der Waals surface area contributed by atoms with Crippen molar-refractivity contribution in [3.63, 3.8) is 0 Å². The standard InChI is InChI=1S/C13H14N2O2S/c1-2-10-3-4-11(18-10)8-15-13(17)9-5-6-14-12(16)7-9/h3-7H,2,8H2,1H3,(H,14,16)(H,15,17). The van der Waals surface area contributed by atoms with E-state index in [0.717, 1.165) is 11.3 Å². The summed E-state index contributed by atoms with van der Waals surface area (Å²) < 4.78 is 0. The summed E-state index contributed by atoms with van der Waals surface area (Å²) in [7, 11) is 0. The Labute approximate surface area is 109 Å². The molecule has 2 aromatic heterocycles. The molecule has 0 radical (unpaired) electrons. The topological polar surface area (TPSA) is 62.0 Å². The summed E-state index contributed by atoms with van der Waals surface area (Å²) in [6, 6.07) is 6.96. The van der Waals surface area contributed by atoms with E-state index in [-0.39, 0.29) is 11.5 Å². The molecule has 0 spiro atoms. The van der Waals surface area contributed by atoms with Gasteiger partial charge in [-0.3, -0.25) is 9.59 Å². The van der Waals surface area contributed by atoms with Crippen molar-refractivity contribution in [2.45, 2.75) is 19.9 Å². The van der Waals surface area contributed by atoms with Crippen molar-refractivity contribution < 1.29 is 4.79 Å². The van der Waals surface area contributed by atoms with Crippen LogP contribution in [0.25, 0.3) is 0 Å². The average molecular weight is 262 g/mol. The lowest BCUT2D eigenvalue weighted by Gasteiger charge is -2.02. The van der Waals surface area contributed by atoms with Crippen LogP contribution in [0.2, 0.25) is 0 Å². The van der Waals surface area contributed by atoms with Crippen LogP contribution in [0.15, 0.2) is 35.3 Å². The lowest BCUT2D eigenvalue weighted by molar-refractivity contribution is 0.0951. The summed E-state index contributed by atoms with van der Waals surface area (Å²) in [6.07, 6.45) is 2.48. The average Bonchev–Trinajstić information content (AvgIpc) is 2.84. The summed E-state index contributed by atoms with van der Waals surface area (Å²) in [5, 5.41) is 2.80. The van der Waals surface area contributed by atoms with Gasteiger partial charge in [-0.05, 0) is 24.6 Å². The zero-order valence-corrected chi connectivity index (χ0v) is 10.8. The van der Waals surface area contributed by atoms with E-state index in [1.807, 2.05) is 6.07 Å². The van der Waals surface area contributed by atoms with E-state index < -0.39 is 0 Å². The number of aromatic amines is 1. The van der Waals surface area contributed by atoms with Crippen LogP contribution in [0, 0.1) is 0 Å². The number of hydrogen-bond donors (Lipinski definition) is 2. The van der Waals surface area contributed by atoms with Crippen molar-refractivity contribution in [2.75, 3.05) is 0 Å². The quantitative estimate of drug-likeness (QED) is 0.884. The highest BCUT2D eigenvalue weighted by Gasteiger charge is 2.06. The minimum absolute atomic E-state index is 0.229. The van der Waals surface area contributed by atoms with Gasteiger partial charge in [0, 0.05) is 27.6 Å². The molecule has 0 unspecified atom stereocenters. The molecule has 0 aliphatic carbocycles. The maximum atomic E-state index is 11.8. The number of thiophene rings is 1. The summed E-state index contributed by atoms with van der Waals surface area (Å²) in [4.78, 5) is 27.8. The molecule has 2 rings (SSSR count). The molecule has 4 nitrogen and oxygen atoms in total. The van der Waals surface area contributed by atoms with Gasteiger partial charge in [0.25, 0.3) is 5.91 Å². The van der Waals surface area contributed by atoms with Crippen molar-refractivity contribution in [3.05, 3.63) is 56.1 Å². The van der Waals surface area contributed by atoms with E-state index in [9.17, 15) is 9.59 Å². The van der Waals surface area contributed by atoms with Crippen molar-refractivity contribution in [1.29, 1.82) is 0 Å². The lowest BCUT2D eigenvalue weighted by atomic mass is 10.2. The maximum absolute atomic E-state index is 11.8. The molecule has 18 heavy (non-hydrogen) atoms. The third-order valence-corrected chi connectivity index (χ3v) is 3.76. The van der Waals surface area contributed by atoms with Gasteiger partial charge in [-0.1, -0.05) is 6.92 Å². The second kappa shape index (κ2) is 5.64. The van der Waals surface area contributed by atoms with Gasteiger partial charge in [0.2, 0.25) is 5.56 Å². The highest BCUT2D eigenvalue weighted by molar-refractivity contribution is 7.11. The Morgan fingerprint density at radius 1 is 1.33 bits per heavy atom. The Morgan fingerprint density at radius 3 is 2.78 bits per heavy atom. The third kappa shape index (κ3) is 3.07. The zero-order chi connectivity index (χ0) is 13.0. The van der Waals surface area contributed by atoms with Gasteiger partial charge >= 0.3 is 0 Å². The SMILES string of the molecule is CCc1ccc(CNC(=O)c2cc[nH]c(=O)c2)s1. The Morgan fingerprint density at radius 2 is 2.11 bits per heavy atom. The number of H-pyrrole nitrogens is 1. The van der Waals surface area contributed by atoms with Crippen LogP contribution in [0.4, 0.5) is 0 Å². The number of hydrogen-bond acceptors (Lipinski definition) is 3. The van der Waals surface area contributed by atoms with Gasteiger partial charge in [-0.25, -0.2) is 0 Å². The van der Waals surface area contributed by atoms with Crippen LogP contribution in [0.3, 0.4) is 0 Å². The molecule has 0 fully saturated rings. The number of nitrogens with one attached hydrogen (secondary N) is 2. The molecule has 2 aromatic rings. The van der Waals surface area contributed by atoms with E-state index in [2.05, 4.69) is 23.3 Å². The van der Waals surface area contributed by atoms with Crippen molar-refractivity contribution >= 4 is 17.2 Å². The van der Waals surface area contributed by atoms with Crippen molar-refractivity contribution in [2.24, 2.45) is 0 Å². The molecule has 0 aliphatic rings. The van der Waals surface area contributed by atoms with E-state index in [1.54, 1.807) is 17.4 Å². The van der Waals surface area contributed by atoms with Gasteiger partial charge in [0.15, 0.2) is 0 Å². The highest BCUT2D eigenvalue weighted by atomic mass is 32.1. The predicted octanol–water partition coefficient (Wildman–Crippen LogP) is 1.93. The fourth-order valence-corrected chi connectivity index (χ4v) is 2.46. The largest absolute Gasteiger partial charge is 0.347 e. The molecule has 2 heterocycles.